The number of nitrogens with one attached hydrogen (secondary N) is 1. The minimum absolute atomic E-state index is 0.0259. The number of piperidine rings is 1. The molecule has 0 aromatic carbocycles. The first-order chi connectivity index (χ1) is 13.8. The highest BCUT2D eigenvalue weighted by molar-refractivity contribution is 5.76. The second kappa shape index (κ2) is 9.65. The summed E-state index contributed by atoms with van der Waals surface area (Å²) in [4.78, 5) is 31.5. The van der Waals surface area contributed by atoms with Crippen molar-refractivity contribution in [2.45, 2.75) is 77.5 Å². The number of piperazine rings is 1. The first-order valence-electron chi connectivity index (χ1n) is 11.5. The molecule has 3 amide bonds. The number of urea groups is 1. The fourth-order valence-electron chi connectivity index (χ4n) is 4.97. The molecule has 3 aliphatic rings. The molecule has 0 radical (unpaired) electrons. The van der Waals surface area contributed by atoms with Gasteiger partial charge in [0.25, 0.3) is 0 Å². The molecule has 0 saturated carbocycles. The molecule has 1 atom stereocenters. The maximum absolute atomic E-state index is 12.9. The molecule has 3 aliphatic heterocycles. The van der Waals surface area contributed by atoms with Crippen LogP contribution in [0.3, 0.4) is 0 Å². The molecule has 7 nitrogen and oxygen atoms in total. The summed E-state index contributed by atoms with van der Waals surface area (Å²) in [6.45, 7) is 14.3. The monoisotopic (exact) mass is 408 g/mol. The molecule has 3 fully saturated rings. The highest BCUT2D eigenvalue weighted by Gasteiger charge is 2.42. The van der Waals surface area contributed by atoms with E-state index >= 15 is 0 Å². The van der Waals surface area contributed by atoms with E-state index in [1.165, 1.54) is 0 Å². The first kappa shape index (κ1) is 22.3. The summed E-state index contributed by atoms with van der Waals surface area (Å²) in [6.07, 6.45) is 4.30. The van der Waals surface area contributed by atoms with Gasteiger partial charge in [0.1, 0.15) is 0 Å². The van der Waals surface area contributed by atoms with Gasteiger partial charge in [0.05, 0.1) is 5.60 Å². The molecule has 1 spiro atoms. The molecule has 3 rings (SSSR count). The molecular weight excluding hydrogens is 368 g/mol. The van der Waals surface area contributed by atoms with Crippen molar-refractivity contribution in [3.8, 4) is 0 Å². The summed E-state index contributed by atoms with van der Waals surface area (Å²) in [7, 11) is 0. The highest BCUT2D eigenvalue weighted by Crippen LogP contribution is 2.39. The third-order valence-corrected chi connectivity index (χ3v) is 6.83. The fourth-order valence-corrected chi connectivity index (χ4v) is 4.97. The minimum atomic E-state index is -0.145. The summed E-state index contributed by atoms with van der Waals surface area (Å²) >= 11 is 0. The molecule has 3 heterocycles. The predicted molar refractivity (Wildman–Crippen MR) is 114 cm³/mol. The molecular formula is C22H40N4O3. The molecule has 0 aromatic heterocycles. The van der Waals surface area contributed by atoms with Crippen LogP contribution < -0.4 is 5.32 Å². The van der Waals surface area contributed by atoms with E-state index in [0.717, 1.165) is 71.6 Å². The summed E-state index contributed by atoms with van der Waals surface area (Å²) < 4.78 is 6.22. The summed E-state index contributed by atoms with van der Waals surface area (Å²) in [5.74, 6) is 0.708. The van der Waals surface area contributed by atoms with Crippen molar-refractivity contribution < 1.29 is 14.3 Å². The fraction of sp³-hybridized carbons (Fsp3) is 0.909. The lowest BCUT2D eigenvalue weighted by molar-refractivity contribution is -0.142. The maximum atomic E-state index is 12.9. The van der Waals surface area contributed by atoms with E-state index < -0.39 is 0 Å². The molecule has 29 heavy (non-hydrogen) atoms. The lowest BCUT2D eigenvalue weighted by Gasteiger charge is -2.46. The largest absolute Gasteiger partial charge is 0.375 e. The molecule has 0 aromatic rings. The zero-order valence-electron chi connectivity index (χ0n) is 18.8. The average molecular weight is 409 g/mol. The summed E-state index contributed by atoms with van der Waals surface area (Å²) in [5.41, 5.74) is -0.145. The average Bonchev–Trinajstić information content (AvgIpc) is 2.68. The maximum Gasteiger partial charge on any atom is 0.317 e. The van der Waals surface area contributed by atoms with E-state index in [2.05, 4.69) is 29.0 Å². The third kappa shape index (κ3) is 5.85. The molecule has 7 heteroatoms. The Morgan fingerprint density at radius 1 is 1.00 bits per heavy atom. The van der Waals surface area contributed by atoms with Crippen LogP contribution in [0.15, 0.2) is 0 Å². The number of carbonyl (C=O) groups is 2. The van der Waals surface area contributed by atoms with Crippen LogP contribution >= 0.6 is 0 Å². The second-order valence-corrected chi connectivity index (χ2v) is 9.70. The van der Waals surface area contributed by atoms with Crippen molar-refractivity contribution in [3.05, 3.63) is 0 Å². The number of hydrogen-bond donors (Lipinski definition) is 1. The van der Waals surface area contributed by atoms with Crippen molar-refractivity contribution in [1.29, 1.82) is 0 Å². The van der Waals surface area contributed by atoms with Crippen molar-refractivity contribution in [3.63, 3.8) is 0 Å². The zero-order valence-corrected chi connectivity index (χ0v) is 18.8. The van der Waals surface area contributed by atoms with Gasteiger partial charge in [-0.1, -0.05) is 0 Å². The molecule has 3 saturated heterocycles. The smallest absolute Gasteiger partial charge is 0.317 e. The van der Waals surface area contributed by atoms with Crippen LogP contribution in [0.2, 0.25) is 0 Å². The molecule has 1 N–H and O–H groups in total. The van der Waals surface area contributed by atoms with Crippen molar-refractivity contribution in [1.82, 2.24) is 20.0 Å². The normalized spacial score (nSPS) is 25.7. The topological polar surface area (TPSA) is 65.1 Å². The highest BCUT2D eigenvalue weighted by atomic mass is 16.5. The lowest BCUT2D eigenvalue weighted by atomic mass is 9.78. The van der Waals surface area contributed by atoms with Gasteiger partial charge in [-0.15, -0.1) is 0 Å². The second-order valence-electron chi connectivity index (χ2n) is 9.70. The van der Waals surface area contributed by atoms with Crippen LogP contribution in [0.1, 0.15) is 59.8 Å². The van der Waals surface area contributed by atoms with Gasteiger partial charge in [-0.25, -0.2) is 4.79 Å². The SMILES string of the molecule is CC(C)NC(=O)N1CCC2(CC1)CC(CC(=O)N1CCN(C(C)C)CC1)CCO2. The van der Waals surface area contributed by atoms with E-state index in [1.807, 2.05) is 18.7 Å². The van der Waals surface area contributed by atoms with Gasteiger partial charge in [0.15, 0.2) is 0 Å². The van der Waals surface area contributed by atoms with Crippen LogP contribution in [0.5, 0.6) is 0 Å². The van der Waals surface area contributed by atoms with E-state index in [1.54, 1.807) is 0 Å². The van der Waals surface area contributed by atoms with Gasteiger partial charge < -0.3 is 19.9 Å². The number of carbonyl (C=O) groups excluding carboxylic acids is 2. The van der Waals surface area contributed by atoms with Crippen LogP contribution in [0.25, 0.3) is 0 Å². The molecule has 0 bridgehead atoms. The van der Waals surface area contributed by atoms with Crippen LogP contribution in [0, 0.1) is 5.92 Å². The zero-order chi connectivity index (χ0) is 21.0. The van der Waals surface area contributed by atoms with Gasteiger partial charge in [0.2, 0.25) is 5.91 Å². The van der Waals surface area contributed by atoms with Gasteiger partial charge >= 0.3 is 6.03 Å². The molecule has 166 valence electrons. The predicted octanol–water partition coefficient (Wildman–Crippen LogP) is 2.31. The Morgan fingerprint density at radius 2 is 1.66 bits per heavy atom. The molecule has 1 unspecified atom stereocenters. The summed E-state index contributed by atoms with van der Waals surface area (Å²) in [6, 6.07) is 0.733. The Labute approximate surface area is 176 Å². The van der Waals surface area contributed by atoms with Crippen LogP contribution in [-0.2, 0) is 9.53 Å². The quantitative estimate of drug-likeness (QED) is 0.775. The Morgan fingerprint density at radius 3 is 2.24 bits per heavy atom. The van der Waals surface area contributed by atoms with Gasteiger partial charge in [-0.2, -0.15) is 0 Å². The Balaban J connectivity index is 1.46. The van der Waals surface area contributed by atoms with Gasteiger partial charge in [0, 0.05) is 64.4 Å². The summed E-state index contributed by atoms with van der Waals surface area (Å²) in [5, 5.41) is 2.98. The van der Waals surface area contributed by atoms with E-state index in [-0.39, 0.29) is 17.7 Å². The molecule has 0 aliphatic carbocycles. The van der Waals surface area contributed by atoms with E-state index in [4.69, 9.17) is 4.74 Å². The van der Waals surface area contributed by atoms with Crippen molar-refractivity contribution in [2.75, 3.05) is 45.9 Å². The first-order valence-corrected chi connectivity index (χ1v) is 11.5. The van der Waals surface area contributed by atoms with Crippen LogP contribution in [-0.4, -0.2) is 90.2 Å². The van der Waals surface area contributed by atoms with E-state index in [0.29, 0.717) is 24.3 Å². The Bertz CT molecular complexity index is 564. The number of amides is 3. The third-order valence-electron chi connectivity index (χ3n) is 6.83. The van der Waals surface area contributed by atoms with Gasteiger partial charge in [-0.3, -0.25) is 9.69 Å². The van der Waals surface area contributed by atoms with Crippen molar-refractivity contribution in [2.24, 2.45) is 5.92 Å². The standard InChI is InChI=1S/C22H40N4O3/c1-17(2)23-21(28)26-8-6-22(7-9-26)16-19(5-14-29-22)15-20(27)25-12-10-24(11-13-25)18(3)4/h17-19H,5-16H2,1-4H3,(H,23,28). The van der Waals surface area contributed by atoms with Crippen molar-refractivity contribution >= 4 is 11.9 Å². The Kier molecular flexibility index (Phi) is 7.43. The number of hydrogen-bond acceptors (Lipinski definition) is 4. The number of likely N-dealkylation sites (tertiary alicyclic amines) is 1. The Hall–Kier alpha value is -1.34. The number of ether oxygens (including phenoxy) is 1. The van der Waals surface area contributed by atoms with Gasteiger partial charge in [-0.05, 0) is 59.3 Å². The van der Waals surface area contributed by atoms with Crippen LogP contribution in [0.4, 0.5) is 4.79 Å². The number of rotatable bonds is 4. The lowest BCUT2D eigenvalue weighted by Crippen LogP contribution is -2.54. The minimum Gasteiger partial charge on any atom is -0.375 e. The number of nitrogens with zero attached hydrogens (tertiary/aromatic N) is 3. The van der Waals surface area contributed by atoms with E-state index in [9.17, 15) is 9.59 Å².